The van der Waals surface area contributed by atoms with E-state index in [1.165, 1.54) is 0 Å². The van der Waals surface area contributed by atoms with Crippen LogP contribution in [0.4, 0.5) is 4.79 Å². The number of hydrogen-bond donors (Lipinski definition) is 1. The number of amides is 1. The summed E-state index contributed by atoms with van der Waals surface area (Å²) >= 11 is 0. The summed E-state index contributed by atoms with van der Waals surface area (Å²) in [6.45, 7) is 16.0. The van der Waals surface area contributed by atoms with Crippen molar-refractivity contribution in [2.24, 2.45) is 11.8 Å². The summed E-state index contributed by atoms with van der Waals surface area (Å²) in [6, 6.07) is 0.562. The Morgan fingerprint density at radius 1 is 1.21 bits per heavy atom. The van der Waals surface area contributed by atoms with Gasteiger partial charge in [0.25, 0.3) is 0 Å². The van der Waals surface area contributed by atoms with E-state index in [1.54, 1.807) is 0 Å². The molecule has 0 unspecified atom stereocenters. The molecule has 1 aliphatic heterocycles. The highest BCUT2D eigenvalue weighted by atomic mass is 16.6. The monoisotopic (exact) mass is 270 g/mol. The predicted octanol–water partition coefficient (Wildman–Crippen LogP) is 2.88. The lowest BCUT2D eigenvalue weighted by molar-refractivity contribution is -0.00125. The Kier molecular flexibility index (Phi) is 5.25. The second kappa shape index (κ2) is 6.12. The summed E-state index contributed by atoms with van der Waals surface area (Å²) in [5, 5.41) is 3.55. The normalized spacial score (nSPS) is 25.0. The van der Waals surface area contributed by atoms with Gasteiger partial charge in [0.1, 0.15) is 5.60 Å². The zero-order valence-corrected chi connectivity index (χ0v) is 13.5. The zero-order valence-electron chi connectivity index (χ0n) is 13.5. The summed E-state index contributed by atoms with van der Waals surface area (Å²) in [4.78, 5) is 14.3. The van der Waals surface area contributed by atoms with Crippen LogP contribution in [0.5, 0.6) is 0 Å². The first-order chi connectivity index (χ1) is 8.61. The maximum absolute atomic E-state index is 12.4. The molecule has 112 valence electrons. The molecule has 1 heterocycles. The van der Waals surface area contributed by atoms with Crippen LogP contribution in [0, 0.1) is 11.8 Å². The highest BCUT2D eigenvalue weighted by Crippen LogP contribution is 2.21. The second-order valence-corrected chi connectivity index (χ2v) is 7.20. The fourth-order valence-electron chi connectivity index (χ4n) is 2.37. The van der Waals surface area contributed by atoms with E-state index in [1.807, 2.05) is 25.7 Å². The lowest BCUT2D eigenvalue weighted by atomic mass is 9.95. The molecule has 1 N–H and O–H groups in total. The lowest BCUT2D eigenvalue weighted by Gasteiger charge is -2.43. The minimum Gasteiger partial charge on any atom is -0.444 e. The van der Waals surface area contributed by atoms with Crippen molar-refractivity contribution >= 4 is 6.09 Å². The molecule has 0 aromatic heterocycles. The molecule has 0 aliphatic carbocycles. The van der Waals surface area contributed by atoms with Crippen molar-refractivity contribution in [1.29, 1.82) is 0 Å². The number of ether oxygens (including phenoxy) is 1. The van der Waals surface area contributed by atoms with Gasteiger partial charge in [-0.25, -0.2) is 4.79 Å². The minimum atomic E-state index is -0.434. The first kappa shape index (κ1) is 16.3. The molecule has 1 aliphatic rings. The molecule has 0 saturated carbocycles. The van der Waals surface area contributed by atoms with Gasteiger partial charge in [0.15, 0.2) is 0 Å². The summed E-state index contributed by atoms with van der Waals surface area (Å²) in [5.74, 6) is 0.936. The minimum absolute atomic E-state index is 0.182. The van der Waals surface area contributed by atoms with E-state index >= 15 is 0 Å². The van der Waals surface area contributed by atoms with Gasteiger partial charge >= 0.3 is 6.09 Å². The molecule has 0 spiro atoms. The van der Waals surface area contributed by atoms with E-state index in [0.29, 0.717) is 17.9 Å². The maximum atomic E-state index is 12.4. The van der Waals surface area contributed by atoms with Crippen LogP contribution in [0.1, 0.15) is 48.5 Å². The largest absolute Gasteiger partial charge is 0.444 e. The highest BCUT2D eigenvalue weighted by molar-refractivity contribution is 5.69. The standard InChI is InChI=1S/C15H30N2O2/c1-10(2)12-9-17(13(8-16-12)11(3)4)14(18)19-15(5,6)7/h10-13,16H,8-9H2,1-7H3/t12-,13+/m1/s1. The molecule has 0 radical (unpaired) electrons. The zero-order chi connectivity index (χ0) is 14.8. The summed E-state index contributed by atoms with van der Waals surface area (Å²) in [5.41, 5.74) is -0.434. The average Bonchev–Trinajstić information content (AvgIpc) is 2.25. The van der Waals surface area contributed by atoms with Crippen molar-refractivity contribution in [2.45, 2.75) is 66.2 Å². The average molecular weight is 270 g/mol. The van der Waals surface area contributed by atoms with Gasteiger partial charge in [-0.1, -0.05) is 27.7 Å². The molecule has 4 heteroatoms. The number of piperazine rings is 1. The third-order valence-electron chi connectivity index (χ3n) is 3.59. The van der Waals surface area contributed by atoms with Crippen molar-refractivity contribution in [2.75, 3.05) is 13.1 Å². The van der Waals surface area contributed by atoms with Gasteiger partial charge in [0, 0.05) is 25.2 Å². The molecule has 4 nitrogen and oxygen atoms in total. The number of hydrogen-bond acceptors (Lipinski definition) is 3. The Morgan fingerprint density at radius 2 is 1.79 bits per heavy atom. The summed E-state index contributed by atoms with van der Waals surface area (Å²) < 4.78 is 5.54. The summed E-state index contributed by atoms with van der Waals surface area (Å²) in [7, 11) is 0. The Balaban J connectivity index is 2.79. The van der Waals surface area contributed by atoms with Crippen LogP contribution in [0.15, 0.2) is 0 Å². The molecule has 0 aromatic carbocycles. The van der Waals surface area contributed by atoms with Crippen LogP contribution in [-0.2, 0) is 4.74 Å². The first-order valence-corrected chi connectivity index (χ1v) is 7.35. The number of nitrogens with zero attached hydrogens (tertiary/aromatic N) is 1. The number of rotatable bonds is 2. The topological polar surface area (TPSA) is 41.6 Å². The highest BCUT2D eigenvalue weighted by Gasteiger charge is 2.36. The van der Waals surface area contributed by atoms with Crippen LogP contribution in [0.25, 0.3) is 0 Å². The molecule has 0 aromatic rings. The molecule has 1 fully saturated rings. The fraction of sp³-hybridized carbons (Fsp3) is 0.933. The molecule has 0 bridgehead atoms. The van der Waals surface area contributed by atoms with Gasteiger partial charge in [-0.2, -0.15) is 0 Å². The Morgan fingerprint density at radius 3 is 2.21 bits per heavy atom. The molecule has 19 heavy (non-hydrogen) atoms. The molecular weight excluding hydrogens is 240 g/mol. The van der Waals surface area contributed by atoms with E-state index in [9.17, 15) is 4.79 Å². The van der Waals surface area contributed by atoms with Crippen LogP contribution in [0.3, 0.4) is 0 Å². The quantitative estimate of drug-likeness (QED) is 0.839. The molecular formula is C15H30N2O2. The van der Waals surface area contributed by atoms with Crippen molar-refractivity contribution < 1.29 is 9.53 Å². The Hall–Kier alpha value is -0.770. The second-order valence-electron chi connectivity index (χ2n) is 7.20. The van der Waals surface area contributed by atoms with E-state index in [0.717, 1.165) is 13.1 Å². The van der Waals surface area contributed by atoms with Gasteiger partial charge in [0.05, 0.1) is 0 Å². The SMILES string of the molecule is CC(C)[C@H]1CN(C(=O)OC(C)(C)C)[C@H](C(C)C)CN1. The number of nitrogens with one attached hydrogen (secondary N) is 1. The number of carbonyl (C=O) groups is 1. The third-order valence-corrected chi connectivity index (χ3v) is 3.59. The van der Waals surface area contributed by atoms with Crippen LogP contribution >= 0.6 is 0 Å². The van der Waals surface area contributed by atoms with E-state index in [2.05, 4.69) is 33.0 Å². The van der Waals surface area contributed by atoms with Crippen molar-refractivity contribution in [3.63, 3.8) is 0 Å². The van der Waals surface area contributed by atoms with Gasteiger partial charge in [0.2, 0.25) is 0 Å². The maximum Gasteiger partial charge on any atom is 0.410 e. The predicted molar refractivity (Wildman–Crippen MR) is 78.2 cm³/mol. The Bertz CT molecular complexity index is 308. The first-order valence-electron chi connectivity index (χ1n) is 7.35. The van der Waals surface area contributed by atoms with Crippen LogP contribution in [0.2, 0.25) is 0 Å². The molecule has 1 saturated heterocycles. The van der Waals surface area contributed by atoms with Gasteiger partial charge in [-0.05, 0) is 32.6 Å². The molecule has 1 amide bonds. The van der Waals surface area contributed by atoms with Crippen LogP contribution in [-0.4, -0.2) is 41.8 Å². The van der Waals surface area contributed by atoms with Crippen molar-refractivity contribution in [3.05, 3.63) is 0 Å². The van der Waals surface area contributed by atoms with Crippen molar-refractivity contribution in [1.82, 2.24) is 10.2 Å². The smallest absolute Gasteiger partial charge is 0.410 e. The lowest BCUT2D eigenvalue weighted by Crippen LogP contribution is -2.61. The third kappa shape index (κ3) is 4.68. The Labute approximate surface area is 117 Å². The van der Waals surface area contributed by atoms with Gasteiger partial charge < -0.3 is 15.0 Å². The van der Waals surface area contributed by atoms with E-state index in [4.69, 9.17) is 4.74 Å². The van der Waals surface area contributed by atoms with Gasteiger partial charge in [-0.3, -0.25) is 0 Å². The molecule has 1 rings (SSSR count). The molecule has 2 atom stereocenters. The summed E-state index contributed by atoms with van der Waals surface area (Å²) in [6.07, 6.45) is -0.182. The van der Waals surface area contributed by atoms with E-state index < -0.39 is 5.60 Å². The van der Waals surface area contributed by atoms with Crippen molar-refractivity contribution in [3.8, 4) is 0 Å². The van der Waals surface area contributed by atoms with E-state index in [-0.39, 0.29) is 12.1 Å². The fourth-order valence-corrected chi connectivity index (χ4v) is 2.37. The number of carbonyl (C=O) groups excluding carboxylic acids is 1. The van der Waals surface area contributed by atoms with Crippen LogP contribution < -0.4 is 5.32 Å². The van der Waals surface area contributed by atoms with Gasteiger partial charge in [-0.15, -0.1) is 0 Å².